The third-order valence-corrected chi connectivity index (χ3v) is 13.8. The van der Waals surface area contributed by atoms with Gasteiger partial charge in [-0.05, 0) is 52.2 Å². The van der Waals surface area contributed by atoms with Gasteiger partial charge in [0.2, 0.25) is 12.0 Å². The Morgan fingerprint density at radius 3 is 2.27 bits per heavy atom. The van der Waals surface area contributed by atoms with Crippen LogP contribution in [0.3, 0.4) is 0 Å². The summed E-state index contributed by atoms with van der Waals surface area (Å²) < 4.78 is 35.0. The number of nitrogens with zero attached hydrogens (tertiary/aromatic N) is 5. The fraction of sp³-hybridized carbons (Fsp3) is 0.237. The fourth-order valence-corrected chi connectivity index (χ4v) is 10.7. The van der Waals surface area contributed by atoms with E-state index < -0.39 is 26.1 Å². The summed E-state index contributed by atoms with van der Waals surface area (Å²) in [4.78, 5) is 26.5. The largest absolute Gasteiger partial charge is 0.461 e. The van der Waals surface area contributed by atoms with Crippen LogP contribution < -0.4 is 20.4 Å². The smallest absolute Gasteiger partial charge is 0.269 e. The van der Waals surface area contributed by atoms with E-state index in [1.807, 2.05) is 43.3 Å². The number of amides is 1. The number of ether oxygens (including phenoxy) is 2. The molecule has 1 N–H and O–H groups in total. The summed E-state index contributed by atoms with van der Waals surface area (Å²) in [6, 6.07) is 28.3. The number of fused-ring (bicyclic) bond motifs is 1. The first-order valence-electron chi connectivity index (χ1n) is 16.4. The first-order valence-corrected chi connectivity index (χ1v) is 18.7. The van der Waals surface area contributed by atoms with Crippen molar-refractivity contribution in [3.8, 4) is 11.6 Å². The number of pyridine rings is 1. The van der Waals surface area contributed by atoms with Gasteiger partial charge in [0.1, 0.15) is 23.3 Å². The van der Waals surface area contributed by atoms with Crippen molar-refractivity contribution in [2.75, 3.05) is 25.1 Å². The molecule has 1 amide bonds. The summed E-state index contributed by atoms with van der Waals surface area (Å²) in [5.74, 6) is -0.529. The van der Waals surface area contributed by atoms with Crippen LogP contribution >= 0.6 is 11.6 Å². The van der Waals surface area contributed by atoms with E-state index in [-0.39, 0.29) is 36.6 Å². The standard InChI is InChI=1S/C38H38ClFN6O4Si/c1-26-15-17-28(40)21-32(26)46-35-31(23-44-46)37(43-25-42-35)50-33(36(47)45-34-18-16-27(39)22-41-34)24-48-19-20-49-51(38(2,3)4,29-11-7-5-8-12-29)30-13-9-6-10-14-30/h5-18,21-23,25,33H,19-20,24H2,1-4H3,(H,41,45,47). The van der Waals surface area contributed by atoms with E-state index in [1.165, 1.54) is 35.5 Å². The Morgan fingerprint density at radius 2 is 1.63 bits per heavy atom. The predicted octanol–water partition coefficient (Wildman–Crippen LogP) is 6.29. The molecule has 1 atom stereocenters. The highest BCUT2D eigenvalue weighted by atomic mass is 35.5. The Hall–Kier alpha value is -5.01. The molecule has 51 heavy (non-hydrogen) atoms. The minimum Gasteiger partial charge on any atom is -0.461 e. The molecule has 0 bridgehead atoms. The van der Waals surface area contributed by atoms with Crippen LogP contribution in [-0.2, 0) is 14.0 Å². The van der Waals surface area contributed by atoms with Gasteiger partial charge in [0, 0.05) is 6.20 Å². The minimum absolute atomic E-state index is 0.108. The van der Waals surface area contributed by atoms with E-state index in [9.17, 15) is 9.18 Å². The molecule has 0 radical (unpaired) electrons. The Balaban J connectivity index is 1.23. The lowest BCUT2D eigenvalue weighted by Crippen LogP contribution is -2.66. The van der Waals surface area contributed by atoms with Gasteiger partial charge >= 0.3 is 0 Å². The van der Waals surface area contributed by atoms with E-state index in [2.05, 4.69) is 70.4 Å². The van der Waals surface area contributed by atoms with E-state index in [1.54, 1.807) is 18.2 Å². The Labute approximate surface area is 301 Å². The van der Waals surface area contributed by atoms with Crippen molar-refractivity contribution in [3.05, 3.63) is 126 Å². The van der Waals surface area contributed by atoms with Gasteiger partial charge in [0.15, 0.2) is 5.65 Å². The van der Waals surface area contributed by atoms with Gasteiger partial charge in [-0.1, -0.05) is 99.1 Å². The summed E-state index contributed by atoms with van der Waals surface area (Å²) in [5, 5.41) is 10.2. The van der Waals surface area contributed by atoms with Crippen molar-refractivity contribution in [1.82, 2.24) is 24.7 Å². The van der Waals surface area contributed by atoms with Crippen molar-refractivity contribution in [2.24, 2.45) is 0 Å². The number of anilines is 1. The first-order chi connectivity index (χ1) is 24.6. The van der Waals surface area contributed by atoms with Crippen LogP contribution in [0.15, 0.2) is 110 Å². The van der Waals surface area contributed by atoms with Gasteiger partial charge in [0.25, 0.3) is 14.2 Å². The SMILES string of the molecule is Cc1ccc(F)cc1-n1ncc2c(OC(COCCO[Si](c3ccccc3)(c3ccccc3)C(C)(C)C)C(=O)Nc3ccc(Cl)cn3)ncnc21. The molecule has 6 aromatic rings. The maximum atomic E-state index is 14.2. The molecule has 10 nitrogen and oxygen atoms in total. The Morgan fingerprint density at radius 1 is 0.922 bits per heavy atom. The van der Waals surface area contributed by atoms with Crippen LogP contribution in [0.25, 0.3) is 16.7 Å². The summed E-state index contributed by atoms with van der Waals surface area (Å²) in [7, 11) is -2.79. The van der Waals surface area contributed by atoms with Gasteiger partial charge in [-0.2, -0.15) is 5.10 Å². The minimum atomic E-state index is -2.79. The maximum Gasteiger partial charge on any atom is 0.269 e. The highest BCUT2D eigenvalue weighted by Gasteiger charge is 2.50. The third kappa shape index (κ3) is 7.84. The Bertz CT molecular complexity index is 2060. The average molecular weight is 725 g/mol. The van der Waals surface area contributed by atoms with Crippen LogP contribution in [-0.4, -0.2) is 64.9 Å². The zero-order chi connectivity index (χ0) is 36.0. The van der Waals surface area contributed by atoms with Crippen LogP contribution in [0.2, 0.25) is 10.1 Å². The number of hydrogen-bond acceptors (Lipinski definition) is 8. The second-order valence-corrected chi connectivity index (χ2v) is 17.7. The van der Waals surface area contributed by atoms with Gasteiger partial charge in [-0.15, -0.1) is 0 Å². The molecule has 0 spiro atoms. The molecular formula is C38H38ClFN6O4Si. The summed E-state index contributed by atoms with van der Waals surface area (Å²) in [5.41, 5.74) is 1.69. The number of halogens is 2. The fourth-order valence-electron chi connectivity index (χ4n) is 6.06. The molecule has 262 valence electrons. The second-order valence-electron chi connectivity index (χ2n) is 12.9. The van der Waals surface area contributed by atoms with Crippen LogP contribution in [0, 0.1) is 12.7 Å². The molecule has 3 heterocycles. The summed E-state index contributed by atoms with van der Waals surface area (Å²) >= 11 is 6.00. The molecule has 0 saturated heterocycles. The van der Waals surface area contributed by atoms with E-state index in [0.717, 1.165) is 15.9 Å². The lowest BCUT2D eigenvalue weighted by molar-refractivity contribution is -0.125. The quantitative estimate of drug-likeness (QED) is 0.109. The van der Waals surface area contributed by atoms with E-state index in [4.69, 9.17) is 25.5 Å². The third-order valence-electron chi connectivity index (χ3n) is 8.49. The zero-order valence-corrected chi connectivity index (χ0v) is 30.5. The molecule has 1 unspecified atom stereocenters. The lowest BCUT2D eigenvalue weighted by Gasteiger charge is -2.43. The Kier molecular flexibility index (Phi) is 10.9. The zero-order valence-electron chi connectivity index (χ0n) is 28.7. The molecule has 0 aliphatic heterocycles. The monoisotopic (exact) mass is 724 g/mol. The number of nitrogens with one attached hydrogen (secondary N) is 1. The molecule has 0 aliphatic carbocycles. The highest BCUT2D eigenvalue weighted by Crippen LogP contribution is 2.36. The summed E-state index contributed by atoms with van der Waals surface area (Å²) in [6.45, 7) is 8.80. The number of rotatable bonds is 13. The molecule has 3 aromatic carbocycles. The van der Waals surface area contributed by atoms with Gasteiger partial charge in [0.05, 0.1) is 36.7 Å². The first kappa shape index (κ1) is 35.8. The van der Waals surface area contributed by atoms with Crippen molar-refractivity contribution in [2.45, 2.75) is 38.8 Å². The number of carbonyl (C=O) groups excluding carboxylic acids is 1. The van der Waals surface area contributed by atoms with Gasteiger partial charge < -0.3 is 19.2 Å². The highest BCUT2D eigenvalue weighted by molar-refractivity contribution is 6.99. The van der Waals surface area contributed by atoms with Crippen LogP contribution in [0.4, 0.5) is 10.2 Å². The molecule has 0 aliphatic rings. The lowest BCUT2D eigenvalue weighted by atomic mass is 10.2. The van der Waals surface area contributed by atoms with Gasteiger partial charge in [-0.25, -0.2) is 24.0 Å². The number of aromatic nitrogens is 5. The normalized spacial score (nSPS) is 12.5. The number of benzene rings is 3. The predicted molar refractivity (Wildman–Crippen MR) is 198 cm³/mol. The second kappa shape index (κ2) is 15.5. The van der Waals surface area contributed by atoms with Crippen molar-refractivity contribution in [1.29, 1.82) is 0 Å². The molecule has 13 heteroatoms. The summed E-state index contributed by atoms with van der Waals surface area (Å²) in [6.07, 6.45) is 3.09. The molecule has 3 aromatic heterocycles. The van der Waals surface area contributed by atoms with Crippen molar-refractivity contribution >= 4 is 53.1 Å². The topological polar surface area (TPSA) is 113 Å². The maximum absolute atomic E-state index is 14.2. The molecule has 6 rings (SSSR count). The molecule has 0 saturated carbocycles. The number of carbonyl (C=O) groups is 1. The molecular weight excluding hydrogens is 687 g/mol. The number of hydrogen-bond donors (Lipinski definition) is 1. The van der Waals surface area contributed by atoms with E-state index >= 15 is 0 Å². The average Bonchev–Trinajstić information content (AvgIpc) is 3.56. The van der Waals surface area contributed by atoms with E-state index in [0.29, 0.717) is 21.7 Å². The molecule has 0 fully saturated rings. The van der Waals surface area contributed by atoms with Crippen LogP contribution in [0.1, 0.15) is 26.3 Å². The van der Waals surface area contributed by atoms with Crippen molar-refractivity contribution in [3.63, 3.8) is 0 Å². The van der Waals surface area contributed by atoms with Gasteiger partial charge in [-0.3, -0.25) is 4.79 Å². The number of aryl methyl sites for hydroxylation is 1. The van der Waals surface area contributed by atoms with Crippen LogP contribution in [0.5, 0.6) is 5.88 Å². The van der Waals surface area contributed by atoms with Crippen molar-refractivity contribution < 1.29 is 23.1 Å².